The number of benzene rings is 1. The summed E-state index contributed by atoms with van der Waals surface area (Å²) >= 11 is 0. The molecule has 1 aromatic carbocycles. The van der Waals surface area contributed by atoms with Crippen molar-refractivity contribution in [3.05, 3.63) is 23.8 Å². The molecule has 0 saturated heterocycles. The molecule has 1 saturated carbocycles. The summed E-state index contributed by atoms with van der Waals surface area (Å²) in [7, 11) is 1.34. The molecule has 0 heterocycles. The third kappa shape index (κ3) is 4.77. The molecule has 8 heteroatoms. The number of nitrogens with two attached hydrogens (primary N) is 1. The maximum absolute atomic E-state index is 12.2. The summed E-state index contributed by atoms with van der Waals surface area (Å²) in [4.78, 5) is 12.2. The summed E-state index contributed by atoms with van der Waals surface area (Å²) in [6.45, 7) is -1.18. The third-order valence-corrected chi connectivity index (χ3v) is 4.02. The Morgan fingerprint density at radius 1 is 1.29 bits per heavy atom. The zero-order chi connectivity index (χ0) is 17.8. The molecule has 0 atom stereocenters. The van der Waals surface area contributed by atoms with Crippen LogP contribution in [0.5, 0.6) is 11.5 Å². The molecule has 3 N–H and O–H groups in total. The van der Waals surface area contributed by atoms with Crippen LogP contribution in [0.1, 0.15) is 31.2 Å². The first-order valence-corrected chi connectivity index (χ1v) is 7.67. The second-order valence-corrected chi connectivity index (χ2v) is 5.93. The highest BCUT2D eigenvalue weighted by atomic mass is 19.4. The van der Waals surface area contributed by atoms with Crippen molar-refractivity contribution < 1.29 is 27.4 Å². The third-order valence-electron chi connectivity index (χ3n) is 4.02. The van der Waals surface area contributed by atoms with Gasteiger partial charge in [-0.3, -0.25) is 4.79 Å². The number of carbonyl (C=O) groups excluding carboxylic acids is 1. The van der Waals surface area contributed by atoms with Crippen LogP contribution >= 0.6 is 0 Å². The number of hydrogen-bond acceptors (Lipinski definition) is 4. The Hall–Kier alpha value is -1.96. The van der Waals surface area contributed by atoms with Gasteiger partial charge in [0.15, 0.2) is 18.1 Å². The van der Waals surface area contributed by atoms with Gasteiger partial charge in [-0.1, -0.05) is 18.9 Å². The minimum Gasteiger partial charge on any atom is -0.493 e. The zero-order valence-corrected chi connectivity index (χ0v) is 13.4. The van der Waals surface area contributed by atoms with Gasteiger partial charge in [0.2, 0.25) is 5.91 Å². The first kappa shape index (κ1) is 18.4. The molecular weight excluding hydrogens is 325 g/mol. The van der Waals surface area contributed by atoms with Crippen molar-refractivity contribution >= 4 is 5.91 Å². The molecule has 1 fully saturated rings. The molecule has 1 aromatic rings. The van der Waals surface area contributed by atoms with Crippen molar-refractivity contribution in [1.29, 1.82) is 0 Å². The normalized spacial score (nSPS) is 16.7. The van der Waals surface area contributed by atoms with Crippen molar-refractivity contribution in [3.63, 3.8) is 0 Å². The van der Waals surface area contributed by atoms with Crippen LogP contribution < -0.4 is 20.5 Å². The van der Waals surface area contributed by atoms with Crippen LogP contribution in [0, 0.1) is 0 Å². The number of nitrogens with one attached hydrogen (secondary N) is 1. The molecule has 134 valence electrons. The number of hydrogen-bond donors (Lipinski definition) is 2. The maximum Gasteiger partial charge on any atom is 0.422 e. The number of carbonyl (C=O) groups is 1. The molecular formula is C16H21F3N2O3. The average molecular weight is 346 g/mol. The second-order valence-electron chi connectivity index (χ2n) is 5.93. The van der Waals surface area contributed by atoms with Crippen LogP contribution in [0.15, 0.2) is 18.2 Å². The van der Waals surface area contributed by atoms with Gasteiger partial charge in [-0.15, -0.1) is 0 Å². The summed E-state index contributed by atoms with van der Waals surface area (Å²) in [5.41, 5.74) is 5.93. The SMILES string of the molecule is COc1cc(CNC(=O)C2(N)CCCC2)ccc1OCC(F)(F)F. The van der Waals surface area contributed by atoms with Crippen LogP contribution in [-0.4, -0.2) is 31.3 Å². The standard InChI is InChI=1S/C16H21F3N2O3/c1-23-13-8-11(4-5-12(13)24-10-16(17,18)19)9-21-14(22)15(20)6-2-3-7-15/h4-5,8H,2-3,6-7,9-10,20H2,1H3,(H,21,22). The molecule has 0 spiro atoms. The number of halogens is 3. The Bertz CT molecular complexity index is 584. The van der Waals surface area contributed by atoms with Crippen molar-refractivity contribution in [2.24, 2.45) is 5.73 Å². The highest BCUT2D eigenvalue weighted by Gasteiger charge is 2.36. The van der Waals surface area contributed by atoms with E-state index in [4.69, 9.17) is 15.2 Å². The van der Waals surface area contributed by atoms with Crippen LogP contribution in [0.25, 0.3) is 0 Å². The molecule has 0 unspecified atom stereocenters. The van der Waals surface area contributed by atoms with Gasteiger partial charge in [0.1, 0.15) is 0 Å². The van der Waals surface area contributed by atoms with Crippen molar-refractivity contribution in [2.75, 3.05) is 13.7 Å². The summed E-state index contributed by atoms with van der Waals surface area (Å²) in [5, 5.41) is 2.77. The fourth-order valence-electron chi connectivity index (χ4n) is 2.69. The molecule has 5 nitrogen and oxygen atoms in total. The predicted octanol–water partition coefficient (Wildman–Crippen LogP) is 2.52. The lowest BCUT2D eigenvalue weighted by molar-refractivity contribution is -0.153. The van der Waals surface area contributed by atoms with E-state index in [0.717, 1.165) is 12.8 Å². The largest absolute Gasteiger partial charge is 0.493 e. The second kappa shape index (κ2) is 7.29. The van der Waals surface area contributed by atoms with Crippen molar-refractivity contribution in [2.45, 2.75) is 43.9 Å². The molecule has 1 aliphatic carbocycles. The van der Waals surface area contributed by atoms with Gasteiger partial charge in [0, 0.05) is 6.54 Å². The maximum atomic E-state index is 12.2. The summed E-state index contributed by atoms with van der Waals surface area (Å²) in [6.07, 6.45) is -1.24. The van der Waals surface area contributed by atoms with Crippen molar-refractivity contribution in [3.8, 4) is 11.5 Å². The lowest BCUT2D eigenvalue weighted by Crippen LogP contribution is -2.51. The Kier molecular flexibility index (Phi) is 5.58. The lowest BCUT2D eigenvalue weighted by Gasteiger charge is -2.22. The van der Waals surface area contributed by atoms with Crippen LogP contribution in [0.2, 0.25) is 0 Å². The quantitative estimate of drug-likeness (QED) is 0.830. The zero-order valence-electron chi connectivity index (χ0n) is 13.4. The minimum atomic E-state index is -4.42. The highest BCUT2D eigenvalue weighted by Crippen LogP contribution is 2.30. The van der Waals surface area contributed by atoms with E-state index in [-0.39, 0.29) is 24.0 Å². The molecule has 0 aliphatic heterocycles. The smallest absolute Gasteiger partial charge is 0.422 e. The van der Waals surface area contributed by atoms with Gasteiger partial charge >= 0.3 is 6.18 Å². The van der Waals surface area contributed by atoms with E-state index in [9.17, 15) is 18.0 Å². The number of rotatable bonds is 6. The van der Waals surface area contributed by atoms with E-state index in [1.54, 1.807) is 6.07 Å². The first-order valence-electron chi connectivity index (χ1n) is 7.67. The van der Waals surface area contributed by atoms with Crippen molar-refractivity contribution in [1.82, 2.24) is 5.32 Å². The van der Waals surface area contributed by atoms with Gasteiger partial charge in [0.25, 0.3) is 0 Å². The number of amides is 1. The highest BCUT2D eigenvalue weighted by molar-refractivity contribution is 5.86. The summed E-state index contributed by atoms with van der Waals surface area (Å²) in [5.74, 6) is -0.0401. The fraction of sp³-hybridized carbons (Fsp3) is 0.562. The van der Waals surface area contributed by atoms with Gasteiger partial charge in [-0.2, -0.15) is 13.2 Å². The Morgan fingerprint density at radius 3 is 2.54 bits per heavy atom. The average Bonchev–Trinajstić information content (AvgIpc) is 2.98. The first-order chi connectivity index (χ1) is 11.2. The van der Waals surface area contributed by atoms with Crippen LogP contribution in [0.4, 0.5) is 13.2 Å². The van der Waals surface area contributed by atoms with Gasteiger partial charge in [-0.05, 0) is 30.5 Å². The van der Waals surface area contributed by atoms with E-state index < -0.39 is 18.3 Å². The molecule has 0 radical (unpaired) electrons. The topological polar surface area (TPSA) is 73.6 Å². The molecule has 1 amide bonds. The lowest BCUT2D eigenvalue weighted by atomic mass is 9.98. The van der Waals surface area contributed by atoms with Gasteiger partial charge in [0.05, 0.1) is 12.6 Å². The van der Waals surface area contributed by atoms with Crippen LogP contribution in [0.3, 0.4) is 0 Å². The predicted molar refractivity (Wildman–Crippen MR) is 81.8 cm³/mol. The van der Waals surface area contributed by atoms with E-state index in [2.05, 4.69) is 5.32 Å². The number of ether oxygens (including phenoxy) is 2. The summed E-state index contributed by atoms with van der Waals surface area (Å²) < 4.78 is 46.4. The van der Waals surface area contributed by atoms with Gasteiger partial charge < -0.3 is 20.5 Å². The molecule has 1 aliphatic rings. The Morgan fingerprint density at radius 2 is 1.96 bits per heavy atom. The molecule has 24 heavy (non-hydrogen) atoms. The van der Waals surface area contributed by atoms with E-state index >= 15 is 0 Å². The monoisotopic (exact) mass is 346 g/mol. The number of alkyl halides is 3. The Balaban J connectivity index is 1.97. The fourth-order valence-corrected chi connectivity index (χ4v) is 2.69. The summed E-state index contributed by atoms with van der Waals surface area (Å²) in [6, 6.07) is 4.50. The molecule has 0 aromatic heterocycles. The van der Waals surface area contributed by atoms with E-state index in [0.29, 0.717) is 18.4 Å². The van der Waals surface area contributed by atoms with Gasteiger partial charge in [-0.25, -0.2) is 0 Å². The van der Waals surface area contributed by atoms with Crippen LogP contribution in [-0.2, 0) is 11.3 Å². The Labute approximate surface area is 138 Å². The number of methoxy groups -OCH3 is 1. The minimum absolute atomic E-state index is 0.00371. The molecule has 0 bridgehead atoms. The van der Waals surface area contributed by atoms with E-state index in [1.807, 2.05) is 0 Å². The molecule has 2 rings (SSSR count). The van der Waals surface area contributed by atoms with E-state index in [1.165, 1.54) is 19.2 Å².